The Morgan fingerprint density at radius 1 is 0.900 bits per heavy atom. The number of nitrogens with zero attached hydrogens (tertiary/aromatic N) is 4. The quantitative estimate of drug-likeness (QED) is 0.547. The fourth-order valence-corrected chi connectivity index (χ4v) is 5.09. The molecule has 0 spiro atoms. The highest BCUT2D eigenvalue weighted by Gasteiger charge is 2.29. The number of sulfonamides is 1. The third kappa shape index (κ3) is 4.19. The van der Waals surface area contributed by atoms with Crippen LogP contribution in [0.5, 0.6) is 5.75 Å². The van der Waals surface area contributed by atoms with Crippen LogP contribution in [0.4, 0.5) is 5.82 Å². The van der Waals surface area contributed by atoms with Gasteiger partial charge in [0, 0.05) is 36.2 Å². The van der Waals surface area contributed by atoms with E-state index in [2.05, 4.69) is 26.1 Å². The minimum absolute atomic E-state index is 0.306. The second kappa shape index (κ2) is 8.71. The molecule has 2 heterocycles. The van der Waals surface area contributed by atoms with Crippen molar-refractivity contribution < 1.29 is 13.2 Å². The maximum Gasteiger partial charge on any atom is 0.243 e. The molecule has 1 aromatic heterocycles. The van der Waals surface area contributed by atoms with Gasteiger partial charge in [0.25, 0.3) is 0 Å². The van der Waals surface area contributed by atoms with Crippen molar-refractivity contribution in [3.8, 4) is 17.0 Å². The average molecular weight is 489 g/mol. The van der Waals surface area contributed by atoms with E-state index in [9.17, 15) is 8.42 Å². The van der Waals surface area contributed by atoms with Crippen LogP contribution in [0.15, 0.2) is 70.0 Å². The predicted octanol–water partition coefficient (Wildman–Crippen LogP) is 3.43. The first-order valence-electron chi connectivity index (χ1n) is 9.47. The Kier molecular flexibility index (Phi) is 6.03. The molecule has 3 aromatic rings. The molecule has 4 rings (SSSR count). The summed E-state index contributed by atoms with van der Waals surface area (Å²) in [6.45, 7) is 1.90. The van der Waals surface area contributed by atoms with Gasteiger partial charge in [-0.2, -0.15) is 4.31 Å². The number of piperazine rings is 1. The second-order valence-corrected chi connectivity index (χ2v) is 9.68. The van der Waals surface area contributed by atoms with Crippen molar-refractivity contribution in [1.82, 2.24) is 14.5 Å². The average Bonchev–Trinajstić information content (AvgIpc) is 2.79. The van der Waals surface area contributed by atoms with Crippen LogP contribution >= 0.6 is 15.9 Å². The molecule has 0 radical (unpaired) electrons. The molecule has 1 fully saturated rings. The number of anilines is 1. The Morgan fingerprint density at radius 2 is 1.60 bits per heavy atom. The number of hydrogen-bond acceptors (Lipinski definition) is 6. The van der Waals surface area contributed by atoms with E-state index in [0.717, 1.165) is 27.3 Å². The summed E-state index contributed by atoms with van der Waals surface area (Å²) >= 11 is 3.33. The molecule has 1 aliphatic heterocycles. The molecule has 0 aliphatic carbocycles. The minimum atomic E-state index is -3.50. The highest BCUT2D eigenvalue weighted by molar-refractivity contribution is 9.10. The molecule has 1 saturated heterocycles. The maximum absolute atomic E-state index is 12.9. The Balaban J connectivity index is 1.45. The molecule has 2 aromatic carbocycles. The molecule has 9 heteroatoms. The second-order valence-electron chi connectivity index (χ2n) is 6.82. The topological polar surface area (TPSA) is 75.6 Å². The largest absolute Gasteiger partial charge is 0.496 e. The number of rotatable bonds is 5. The summed E-state index contributed by atoms with van der Waals surface area (Å²) in [4.78, 5) is 2.35. The first-order chi connectivity index (χ1) is 14.5. The number of halogens is 1. The normalized spacial score (nSPS) is 15.2. The Morgan fingerprint density at radius 3 is 2.23 bits per heavy atom. The monoisotopic (exact) mass is 488 g/mol. The van der Waals surface area contributed by atoms with Crippen molar-refractivity contribution >= 4 is 31.8 Å². The van der Waals surface area contributed by atoms with Gasteiger partial charge in [0.05, 0.1) is 17.7 Å². The molecule has 0 bridgehead atoms. The molecule has 0 amide bonds. The first kappa shape index (κ1) is 20.8. The van der Waals surface area contributed by atoms with Gasteiger partial charge in [-0.1, -0.05) is 28.1 Å². The van der Waals surface area contributed by atoms with Crippen molar-refractivity contribution in [2.24, 2.45) is 0 Å². The number of aromatic nitrogens is 2. The number of methoxy groups -OCH3 is 1. The molecule has 7 nitrogen and oxygen atoms in total. The lowest BCUT2D eigenvalue weighted by Crippen LogP contribution is -2.48. The molecule has 0 atom stereocenters. The minimum Gasteiger partial charge on any atom is -0.496 e. The summed E-state index contributed by atoms with van der Waals surface area (Å²) in [6.07, 6.45) is 0. The Labute approximate surface area is 184 Å². The van der Waals surface area contributed by atoms with Gasteiger partial charge in [0.2, 0.25) is 10.0 Å². The Hall–Kier alpha value is -2.49. The molecule has 0 unspecified atom stereocenters. The summed E-state index contributed by atoms with van der Waals surface area (Å²) in [6, 6.07) is 18.2. The van der Waals surface area contributed by atoms with Crippen molar-refractivity contribution in [1.29, 1.82) is 0 Å². The van der Waals surface area contributed by atoms with Crippen LogP contribution < -0.4 is 9.64 Å². The van der Waals surface area contributed by atoms with Gasteiger partial charge in [-0.25, -0.2) is 8.42 Å². The molecular formula is C21H21BrN4O3S. The van der Waals surface area contributed by atoms with Crippen molar-refractivity contribution in [3.05, 3.63) is 65.1 Å². The van der Waals surface area contributed by atoms with Crippen LogP contribution in [0.25, 0.3) is 11.3 Å². The molecule has 156 valence electrons. The predicted molar refractivity (Wildman–Crippen MR) is 119 cm³/mol. The molecule has 30 heavy (non-hydrogen) atoms. The van der Waals surface area contributed by atoms with E-state index in [1.54, 1.807) is 31.4 Å². The van der Waals surface area contributed by atoms with Gasteiger partial charge in [-0.3, -0.25) is 0 Å². The van der Waals surface area contributed by atoms with Crippen LogP contribution in [-0.4, -0.2) is 56.2 Å². The van der Waals surface area contributed by atoms with Gasteiger partial charge in [0.15, 0.2) is 5.82 Å². The lowest BCUT2D eigenvalue weighted by atomic mass is 10.1. The molecule has 0 saturated carbocycles. The van der Waals surface area contributed by atoms with Crippen LogP contribution in [0.2, 0.25) is 0 Å². The summed E-state index contributed by atoms with van der Waals surface area (Å²) in [5, 5.41) is 8.70. The van der Waals surface area contributed by atoms with E-state index in [-0.39, 0.29) is 0 Å². The highest BCUT2D eigenvalue weighted by atomic mass is 79.9. The summed E-state index contributed by atoms with van der Waals surface area (Å²) < 4.78 is 33.5. The molecule has 1 aliphatic rings. The van der Waals surface area contributed by atoms with E-state index in [1.165, 1.54) is 4.31 Å². The third-order valence-corrected chi connectivity index (χ3v) is 7.49. The SMILES string of the molecule is COc1ccccc1-c1ccc(N2CCN(S(=O)(=O)c3ccc(Br)cc3)CC2)nn1. The third-order valence-electron chi connectivity index (χ3n) is 5.05. The zero-order chi connectivity index (χ0) is 21.1. The maximum atomic E-state index is 12.9. The zero-order valence-corrected chi connectivity index (χ0v) is 18.8. The van der Waals surface area contributed by atoms with E-state index in [0.29, 0.717) is 31.1 Å². The van der Waals surface area contributed by atoms with Gasteiger partial charge in [-0.05, 0) is 48.5 Å². The highest BCUT2D eigenvalue weighted by Crippen LogP contribution is 2.28. The summed E-state index contributed by atoms with van der Waals surface area (Å²) in [5.41, 5.74) is 1.61. The lowest BCUT2D eigenvalue weighted by molar-refractivity contribution is 0.383. The summed E-state index contributed by atoms with van der Waals surface area (Å²) in [7, 11) is -1.87. The van der Waals surface area contributed by atoms with Gasteiger partial charge in [-0.15, -0.1) is 10.2 Å². The fourth-order valence-electron chi connectivity index (χ4n) is 3.41. The van der Waals surface area contributed by atoms with E-state index >= 15 is 0 Å². The first-order valence-corrected chi connectivity index (χ1v) is 11.7. The fraction of sp³-hybridized carbons (Fsp3) is 0.238. The van der Waals surface area contributed by atoms with E-state index in [4.69, 9.17) is 4.74 Å². The van der Waals surface area contributed by atoms with Gasteiger partial charge in [0.1, 0.15) is 5.75 Å². The van der Waals surface area contributed by atoms with Gasteiger partial charge >= 0.3 is 0 Å². The van der Waals surface area contributed by atoms with Gasteiger partial charge < -0.3 is 9.64 Å². The summed E-state index contributed by atoms with van der Waals surface area (Å²) in [5.74, 6) is 1.47. The van der Waals surface area contributed by atoms with E-state index in [1.807, 2.05) is 41.3 Å². The Bertz CT molecular complexity index is 1110. The lowest BCUT2D eigenvalue weighted by Gasteiger charge is -2.34. The van der Waals surface area contributed by atoms with E-state index < -0.39 is 10.0 Å². The number of ether oxygens (including phenoxy) is 1. The van der Waals surface area contributed by atoms with Crippen LogP contribution in [0, 0.1) is 0 Å². The number of para-hydroxylation sites is 1. The van der Waals surface area contributed by atoms with Crippen LogP contribution in [0.1, 0.15) is 0 Å². The van der Waals surface area contributed by atoms with Crippen molar-refractivity contribution in [2.75, 3.05) is 38.2 Å². The van der Waals surface area contributed by atoms with Crippen LogP contribution in [0.3, 0.4) is 0 Å². The molecular weight excluding hydrogens is 468 g/mol. The zero-order valence-electron chi connectivity index (χ0n) is 16.4. The van der Waals surface area contributed by atoms with Crippen molar-refractivity contribution in [2.45, 2.75) is 4.90 Å². The smallest absolute Gasteiger partial charge is 0.243 e. The van der Waals surface area contributed by atoms with Crippen LogP contribution in [-0.2, 0) is 10.0 Å². The number of hydrogen-bond donors (Lipinski definition) is 0. The standard InChI is InChI=1S/C21H21BrN4O3S/c1-29-20-5-3-2-4-18(20)19-10-11-21(24-23-19)25-12-14-26(15-13-25)30(27,28)17-8-6-16(22)7-9-17/h2-11H,12-15H2,1H3. The number of benzene rings is 2. The van der Waals surface area contributed by atoms with Crippen molar-refractivity contribution in [3.63, 3.8) is 0 Å². The molecule has 0 N–H and O–H groups in total.